The second-order valence-electron chi connectivity index (χ2n) is 5.79. The van der Waals surface area contributed by atoms with Gasteiger partial charge in [-0.25, -0.2) is 0 Å². The highest BCUT2D eigenvalue weighted by Gasteiger charge is 2.26. The summed E-state index contributed by atoms with van der Waals surface area (Å²) in [5, 5.41) is 15.4. The average molecular weight is 286 g/mol. The van der Waals surface area contributed by atoms with Gasteiger partial charge < -0.3 is 5.11 Å². The summed E-state index contributed by atoms with van der Waals surface area (Å²) < 4.78 is 1.99. The highest BCUT2D eigenvalue weighted by molar-refractivity contribution is 6.31. The van der Waals surface area contributed by atoms with Gasteiger partial charge in [-0.2, -0.15) is 5.10 Å². The fraction of sp³-hybridized carbons (Fsp3) is 0.786. The van der Waals surface area contributed by atoms with E-state index in [-0.39, 0.29) is 0 Å². The van der Waals surface area contributed by atoms with E-state index in [2.05, 4.69) is 16.9 Å². The van der Waals surface area contributed by atoms with Crippen molar-refractivity contribution >= 4 is 11.6 Å². The maximum atomic E-state index is 10.1. The first kappa shape index (κ1) is 14.8. The number of aliphatic hydroxyl groups is 1. The van der Waals surface area contributed by atoms with E-state index in [1.54, 1.807) is 0 Å². The standard InChI is InChI=1S/C14H24ClN3O/c1-4-18-12(13(15)11(2)16-18)10-17-8-5-6-14(3,19)7-9-17/h19H,4-10H2,1-3H3. The monoisotopic (exact) mass is 285 g/mol. The fourth-order valence-electron chi connectivity index (χ4n) is 2.71. The van der Waals surface area contributed by atoms with Crippen molar-refractivity contribution in [2.75, 3.05) is 13.1 Å². The third kappa shape index (κ3) is 3.50. The highest BCUT2D eigenvalue weighted by Crippen LogP contribution is 2.25. The molecule has 1 unspecified atom stereocenters. The molecule has 1 aliphatic rings. The summed E-state index contributed by atoms with van der Waals surface area (Å²) in [5.41, 5.74) is 1.49. The van der Waals surface area contributed by atoms with E-state index in [0.29, 0.717) is 0 Å². The lowest BCUT2D eigenvalue weighted by molar-refractivity contribution is 0.0443. The Morgan fingerprint density at radius 2 is 2.11 bits per heavy atom. The van der Waals surface area contributed by atoms with Crippen LogP contribution >= 0.6 is 11.6 Å². The first-order valence-corrected chi connectivity index (χ1v) is 7.47. The van der Waals surface area contributed by atoms with Crippen molar-refractivity contribution in [3.05, 3.63) is 16.4 Å². The van der Waals surface area contributed by atoms with E-state index in [4.69, 9.17) is 11.6 Å². The van der Waals surface area contributed by atoms with Gasteiger partial charge in [-0.05, 0) is 46.6 Å². The van der Waals surface area contributed by atoms with Crippen molar-refractivity contribution in [1.29, 1.82) is 0 Å². The third-order valence-corrected chi connectivity index (χ3v) is 4.47. The maximum absolute atomic E-state index is 10.1. The Labute approximate surface area is 120 Å². The van der Waals surface area contributed by atoms with Gasteiger partial charge in [0.15, 0.2) is 0 Å². The number of aromatic nitrogens is 2. The molecule has 0 bridgehead atoms. The SMILES string of the molecule is CCn1nc(C)c(Cl)c1CN1CCCC(C)(O)CC1. The van der Waals surface area contributed by atoms with Crippen molar-refractivity contribution in [2.24, 2.45) is 0 Å². The molecule has 0 saturated carbocycles. The van der Waals surface area contributed by atoms with Crippen molar-refractivity contribution in [3.8, 4) is 0 Å². The van der Waals surface area contributed by atoms with E-state index < -0.39 is 5.60 Å². The summed E-state index contributed by atoms with van der Waals surface area (Å²) in [6.07, 6.45) is 2.73. The van der Waals surface area contributed by atoms with Crippen LogP contribution in [0, 0.1) is 6.92 Å². The van der Waals surface area contributed by atoms with Crippen LogP contribution in [0.3, 0.4) is 0 Å². The van der Waals surface area contributed by atoms with Crippen molar-refractivity contribution in [3.63, 3.8) is 0 Å². The van der Waals surface area contributed by atoms with Crippen molar-refractivity contribution in [1.82, 2.24) is 14.7 Å². The normalized spacial score (nSPS) is 25.5. The maximum Gasteiger partial charge on any atom is 0.0860 e. The Kier molecular flexibility index (Phi) is 4.54. The van der Waals surface area contributed by atoms with Gasteiger partial charge >= 0.3 is 0 Å². The molecule has 2 rings (SSSR count). The van der Waals surface area contributed by atoms with E-state index in [0.717, 1.165) is 61.9 Å². The topological polar surface area (TPSA) is 41.3 Å². The van der Waals surface area contributed by atoms with Crippen LogP contribution in [-0.2, 0) is 13.1 Å². The van der Waals surface area contributed by atoms with Crippen LogP contribution < -0.4 is 0 Å². The Balaban J connectivity index is 2.09. The van der Waals surface area contributed by atoms with Crippen LogP contribution in [0.15, 0.2) is 0 Å². The smallest absolute Gasteiger partial charge is 0.0860 e. The number of rotatable bonds is 3. The van der Waals surface area contributed by atoms with Crippen LogP contribution in [0.2, 0.25) is 5.02 Å². The molecule has 5 heteroatoms. The zero-order chi connectivity index (χ0) is 14.0. The molecule has 1 fully saturated rings. The Morgan fingerprint density at radius 1 is 1.37 bits per heavy atom. The number of aryl methyl sites for hydroxylation is 2. The van der Waals surface area contributed by atoms with Gasteiger partial charge in [-0.15, -0.1) is 0 Å². The number of hydrogen-bond donors (Lipinski definition) is 1. The Bertz CT molecular complexity index is 442. The number of likely N-dealkylation sites (tertiary alicyclic amines) is 1. The minimum atomic E-state index is -0.514. The van der Waals surface area contributed by atoms with Gasteiger partial charge in [0.05, 0.1) is 22.0 Å². The van der Waals surface area contributed by atoms with Gasteiger partial charge in [0.2, 0.25) is 0 Å². The first-order chi connectivity index (χ1) is 8.93. The molecular weight excluding hydrogens is 262 g/mol. The largest absolute Gasteiger partial charge is 0.390 e. The zero-order valence-electron chi connectivity index (χ0n) is 12.1. The second kappa shape index (κ2) is 5.81. The number of nitrogens with zero attached hydrogens (tertiary/aromatic N) is 3. The lowest BCUT2D eigenvalue weighted by Gasteiger charge is -2.22. The number of halogens is 1. The van der Waals surface area contributed by atoms with Gasteiger partial charge in [-0.1, -0.05) is 11.6 Å². The lowest BCUT2D eigenvalue weighted by Crippen LogP contribution is -2.29. The van der Waals surface area contributed by atoms with E-state index in [9.17, 15) is 5.11 Å². The molecular formula is C14H24ClN3O. The fourth-order valence-corrected chi connectivity index (χ4v) is 2.90. The molecule has 0 amide bonds. The minimum absolute atomic E-state index is 0.514. The molecule has 1 N–H and O–H groups in total. The summed E-state index contributed by atoms with van der Waals surface area (Å²) in [6, 6.07) is 0. The molecule has 0 aromatic carbocycles. The van der Waals surface area contributed by atoms with Gasteiger partial charge in [0.25, 0.3) is 0 Å². The molecule has 0 radical (unpaired) electrons. The molecule has 0 spiro atoms. The second-order valence-corrected chi connectivity index (χ2v) is 6.17. The molecule has 19 heavy (non-hydrogen) atoms. The molecule has 4 nitrogen and oxygen atoms in total. The summed E-state index contributed by atoms with van der Waals surface area (Å²) in [7, 11) is 0. The lowest BCUT2D eigenvalue weighted by atomic mass is 9.98. The molecule has 1 atom stereocenters. The third-order valence-electron chi connectivity index (χ3n) is 3.98. The first-order valence-electron chi connectivity index (χ1n) is 7.09. The van der Waals surface area contributed by atoms with Crippen molar-refractivity contribution in [2.45, 2.75) is 58.7 Å². The van der Waals surface area contributed by atoms with E-state index in [1.165, 1.54) is 0 Å². The van der Waals surface area contributed by atoms with E-state index >= 15 is 0 Å². The molecule has 1 aromatic rings. The molecule has 1 aliphatic heterocycles. The molecule has 0 aliphatic carbocycles. The summed E-state index contributed by atoms with van der Waals surface area (Å²) in [6.45, 7) is 9.56. The zero-order valence-corrected chi connectivity index (χ0v) is 12.9. The quantitative estimate of drug-likeness (QED) is 0.928. The van der Waals surface area contributed by atoms with Crippen LogP contribution in [0.5, 0.6) is 0 Å². The molecule has 108 valence electrons. The summed E-state index contributed by atoms with van der Waals surface area (Å²) in [4.78, 5) is 2.37. The Morgan fingerprint density at radius 3 is 2.79 bits per heavy atom. The van der Waals surface area contributed by atoms with Crippen LogP contribution in [0.25, 0.3) is 0 Å². The summed E-state index contributed by atoms with van der Waals surface area (Å²) in [5.74, 6) is 0. The predicted molar refractivity (Wildman–Crippen MR) is 77.4 cm³/mol. The van der Waals surface area contributed by atoms with Crippen molar-refractivity contribution < 1.29 is 5.11 Å². The highest BCUT2D eigenvalue weighted by atomic mass is 35.5. The average Bonchev–Trinajstić information content (AvgIpc) is 2.52. The van der Waals surface area contributed by atoms with Gasteiger partial charge in [-0.3, -0.25) is 9.58 Å². The molecule has 1 saturated heterocycles. The van der Waals surface area contributed by atoms with Crippen LogP contribution in [0.4, 0.5) is 0 Å². The van der Waals surface area contributed by atoms with E-state index in [1.807, 2.05) is 18.5 Å². The van der Waals surface area contributed by atoms with Gasteiger partial charge in [0.1, 0.15) is 0 Å². The molecule has 1 aromatic heterocycles. The summed E-state index contributed by atoms with van der Waals surface area (Å²) >= 11 is 6.35. The van der Waals surface area contributed by atoms with Crippen LogP contribution in [0.1, 0.15) is 44.5 Å². The van der Waals surface area contributed by atoms with Gasteiger partial charge in [0, 0.05) is 19.6 Å². The predicted octanol–water partition coefficient (Wildman–Crippen LogP) is 2.60. The Hall–Kier alpha value is -0.580. The number of hydrogen-bond acceptors (Lipinski definition) is 3. The molecule has 2 heterocycles. The minimum Gasteiger partial charge on any atom is -0.390 e. The van der Waals surface area contributed by atoms with Crippen LogP contribution in [-0.4, -0.2) is 38.5 Å².